The van der Waals surface area contributed by atoms with E-state index >= 15 is 0 Å². The largest absolute Gasteiger partial charge is 0.379 e. The zero-order valence-corrected chi connectivity index (χ0v) is 35.9. The first kappa shape index (κ1) is 44.9. The molecule has 1 aromatic heterocycles. The van der Waals surface area contributed by atoms with E-state index in [-0.39, 0.29) is 43.7 Å². The van der Waals surface area contributed by atoms with Crippen LogP contribution in [0.25, 0.3) is 10.9 Å². The molecule has 5 atom stereocenters. The molecule has 11 nitrogen and oxygen atoms in total. The van der Waals surface area contributed by atoms with Crippen LogP contribution in [0.15, 0.2) is 157 Å². The van der Waals surface area contributed by atoms with Gasteiger partial charge in [0.05, 0.1) is 36.8 Å². The molecule has 7 rings (SSSR count). The van der Waals surface area contributed by atoms with Crippen molar-refractivity contribution in [3.05, 3.63) is 174 Å². The normalized spacial score (nSPS) is 20.3. The topological polar surface area (TPSA) is 135 Å². The van der Waals surface area contributed by atoms with Crippen LogP contribution in [0.3, 0.4) is 0 Å². The number of hydrogen-bond acceptors (Lipinski definition) is 9. The highest BCUT2D eigenvalue weighted by atomic mass is 32.2. The number of rotatable bonds is 22. The maximum Gasteiger partial charge on any atom is 0.268 e. The highest BCUT2D eigenvalue weighted by Crippen LogP contribution is 2.42. The molecule has 0 spiro atoms. The van der Waals surface area contributed by atoms with Gasteiger partial charge in [-0.05, 0) is 72.6 Å². The number of aryl methyl sites for hydroxylation is 1. The van der Waals surface area contributed by atoms with Crippen LogP contribution in [0.4, 0.5) is 0 Å². The average Bonchev–Trinajstić information content (AvgIpc) is 3.69. The Morgan fingerprint density at radius 3 is 1.97 bits per heavy atom. The zero-order chi connectivity index (χ0) is 43.2. The van der Waals surface area contributed by atoms with Crippen LogP contribution in [-0.4, -0.2) is 73.4 Å². The summed E-state index contributed by atoms with van der Waals surface area (Å²) in [5, 5.41) is 16.1. The molecule has 1 aliphatic rings. The minimum absolute atomic E-state index is 0.0496. The Labute approximate surface area is 364 Å². The van der Waals surface area contributed by atoms with Gasteiger partial charge in [0.2, 0.25) is 5.91 Å². The van der Waals surface area contributed by atoms with Gasteiger partial charge in [-0.2, -0.15) is 0 Å². The maximum atomic E-state index is 14.1. The first-order chi connectivity index (χ1) is 30.2. The van der Waals surface area contributed by atoms with Crippen LogP contribution in [0.1, 0.15) is 54.9 Å². The van der Waals surface area contributed by atoms with Crippen molar-refractivity contribution in [2.24, 2.45) is 0 Å². The molecule has 62 heavy (non-hydrogen) atoms. The van der Waals surface area contributed by atoms with Crippen LogP contribution in [0.5, 0.6) is 0 Å². The van der Waals surface area contributed by atoms with Crippen LogP contribution in [0, 0.1) is 0 Å². The molecule has 2 N–H and O–H groups in total. The number of nitrogens with one attached hydrogen (secondary N) is 1. The SMILES string of the molecule is CC(=O)NCCCCCOC[C@H]1O[C@@H](O)[C@](CCc2cn(S(=O)(=O)c3ccccc3)c3ccccc23)(OCc2ccccc2)[C@@H](OCc2ccccc2)[C@@H]1OCc1ccccc1. The van der Waals surface area contributed by atoms with Gasteiger partial charge in [0.1, 0.15) is 23.9 Å². The first-order valence-electron chi connectivity index (χ1n) is 21.3. The van der Waals surface area contributed by atoms with Gasteiger partial charge < -0.3 is 34.1 Å². The number of carbonyl (C=O) groups excluding carboxylic acids is 1. The summed E-state index contributed by atoms with van der Waals surface area (Å²) in [6, 6.07) is 45.2. The van der Waals surface area contributed by atoms with Crippen molar-refractivity contribution >= 4 is 26.8 Å². The third kappa shape index (κ3) is 11.2. The summed E-state index contributed by atoms with van der Waals surface area (Å²) in [6.45, 7) is 3.23. The second-order valence-electron chi connectivity index (χ2n) is 15.6. The number of aliphatic hydroxyl groups excluding tert-OH is 1. The van der Waals surface area contributed by atoms with Gasteiger partial charge in [-0.3, -0.25) is 4.79 Å². The number of aromatic nitrogens is 1. The molecule has 0 unspecified atom stereocenters. The average molecular weight is 861 g/mol. The standard InChI is InChI=1S/C50H56N2O9S/c1-38(53)51-31-17-6-18-32-57-37-46-47(58-34-39-19-7-2-8-20-39)48(59-35-40-21-9-3-10-22-40)50(49(54)61-46,60-36-41-23-11-4-12-24-41)30-29-42-33-52(45-28-16-15-27-44(42)45)62(55,56)43-25-13-5-14-26-43/h2-5,7-16,19-28,33,46-49,54H,6,17-18,29-32,34-37H2,1H3,(H,51,53)/t46-,47-,48+,49-,50-/m1/s1. The molecule has 1 aliphatic heterocycles. The van der Waals surface area contributed by atoms with Gasteiger partial charge in [0, 0.05) is 31.7 Å². The van der Waals surface area contributed by atoms with Gasteiger partial charge in [-0.15, -0.1) is 0 Å². The molecule has 1 saturated heterocycles. The van der Waals surface area contributed by atoms with Gasteiger partial charge in [-0.1, -0.05) is 127 Å². The van der Waals surface area contributed by atoms with E-state index in [0.29, 0.717) is 25.1 Å². The van der Waals surface area contributed by atoms with Crippen LogP contribution >= 0.6 is 0 Å². The Balaban J connectivity index is 1.25. The number of aliphatic hydroxyl groups is 1. The van der Waals surface area contributed by atoms with E-state index in [2.05, 4.69) is 5.32 Å². The summed E-state index contributed by atoms with van der Waals surface area (Å²) < 4.78 is 63.2. The van der Waals surface area contributed by atoms with Crippen molar-refractivity contribution in [1.29, 1.82) is 0 Å². The molecule has 12 heteroatoms. The van der Waals surface area contributed by atoms with Gasteiger partial charge in [0.25, 0.3) is 10.0 Å². The first-order valence-corrected chi connectivity index (χ1v) is 22.7. The van der Waals surface area contributed by atoms with Crippen molar-refractivity contribution in [1.82, 2.24) is 9.29 Å². The van der Waals surface area contributed by atoms with E-state index in [9.17, 15) is 18.3 Å². The van der Waals surface area contributed by atoms with Crippen LogP contribution < -0.4 is 5.32 Å². The smallest absolute Gasteiger partial charge is 0.268 e. The molecular weight excluding hydrogens is 805 g/mol. The molecule has 5 aromatic carbocycles. The third-order valence-corrected chi connectivity index (χ3v) is 12.9. The van der Waals surface area contributed by atoms with Crippen molar-refractivity contribution in [2.45, 2.75) is 93.9 Å². The number of benzene rings is 5. The number of amides is 1. The van der Waals surface area contributed by atoms with E-state index in [0.717, 1.165) is 46.9 Å². The van der Waals surface area contributed by atoms with Gasteiger partial charge in [0.15, 0.2) is 6.29 Å². The van der Waals surface area contributed by atoms with E-state index in [1.54, 1.807) is 42.6 Å². The van der Waals surface area contributed by atoms with E-state index in [1.165, 1.54) is 10.9 Å². The maximum absolute atomic E-state index is 14.1. The monoisotopic (exact) mass is 860 g/mol. The van der Waals surface area contributed by atoms with Crippen molar-refractivity contribution in [3.63, 3.8) is 0 Å². The summed E-state index contributed by atoms with van der Waals surface area (Å²) in [6.07, 6.45) is 0.680. The Hall–Kier alpha value is -5.18. The molecule has 2 heterocycles. The highest BCUT2D eigenvalue weighted by molar-refractivity contribution is 7.90. The Bertz CT molecular complexity index is 2400. The minimum Gasteiger partial charge on any atom is -0.379 e. The number of hydrogen-bond donors (Lipinski definition) is 2. The fraction of sp³-hybridized carbons (Fsp3) is 0.340. The second-order valence-corrected chi connectivity index (χ2v) is 17.5. The number of carbonyl (C=O) groups is 1. The molecule has 326 valence electrons. The van der Waals surface area contributed by atoms with Crippen molar-refractivity contribution < 1.29 is 42.0 Å². The molecule has 0 saturated carbocycles. The summed E-state index contributed by atoms with van der Waals surface area (Å²) >= 11 is 0. The lowest BCUT2D eigenvalue weighted by Crippen LogP contribution is -2.69. The summed E-state index contributed by atoms with van der Waals surface area (Å²) in [7, 11) is -3.95. The van der Waals surface area contributed by atoms with Gasteiger partial charge >= 0.3 is 0 Å². The third-order valence-electron chi connectivity index (χ3n) is 11.2. The Morgan fingerprint density at radius 1 is 0.742 bits per heavy atom. The predicted octanol–water partition coefficient (Wildman–Crippen LogP) is 7.98. The summed E-state index contributed by atoms with van der Waals surface area (Å²) in [4.78, 5) is 11.5. The highest BCUT2D eigenvalue weighted by Gasteiger charge is 2.58. The quantitative estimate of drug-likeness (QED) is 0.0652. The molecule has 0 aliphatic carbocycles. The number of unbranched alkanes of at least 4 members (excludes halogenated alkanes) is 2. The van der Waals surface area contributed by atoms with Gasteiger partial charge in [-0.25, -0.2) is 12.4 Å². The fourth-order valence-electron chi connectivity index (χ4n) is 7.97. The lowest BCUT2D eigenvalue weighted by Gasteiger charge is -2.52. The number of para-hydroxylation sites is 1. The Morgan fingerprint density at radius 2 is 1.32 bits per heavy atom. The lowest BCUT2D eigenvalue weighted by molar-refractivity contribution is -0.360. The molecular formula is C50H56N2O9S. The second kappa shape index (κ2) is 21.8. The molecule has 0 radical (unpaired) electrons. The number of ether oxygens (including phenoxy) is 5. The predicted molar refractivity (Wildman–Crippen MR) is 238 cm³/mol. The molecule has 1 amide bonds. The fourth-order valence-corrected chi connectivity index (χ4v) is 9.38. The lowest BCUT2D eigenvalue weighted by atomic mass is 9.81. The zero-order valence-electron chi connectivity index (χ0n) is 35.1. The molecule has 0 bridgehead atoms. The summed E-state index contributed by atoms with van der Waals surface area (Å²) in [5.41, 5.74) is 2.53. The van der Waals surface area contributed by atoms with Crippen LogP contribution in [-0.2, 0) is 64.7 Å². The Kier molecular flexibility index (Phi) is 15.7. The number of fused-ring (bicyclic) bond motifs is 1. The number of nitrogens with zero attached hydrogens (tertiary/aromatic N) is 1. The van der Waals surface area contributed by atoms with Crippen LogP contribution in [0.2, 0.25) is 0 Å². The van der Waals surface area contributed by atoms with E-state index in [1.807, 2.05) is 109 Å². The van der Waals surface area contributed by atoms with Crippen molar-refractivity contribution in [2.75, 3.05) is 19.8 Å². The van der Waals surface area contributed by atoms with Crippen molar-refractivity contribution in [3.8, 4) is 0 Å². The minimum atomic E-state index is -3.95. The summed E-state index contributed by atoms with van der Waals surface area (Å²) in [5.74, 6) is -0.0496. The molecule has 6 aromatic rings. The molecule has 1 fully saturated rings. The van der Waals surface area contributed by atoms with E-state index in [4.69, 9.17) is 23.7 Å². The van der Waals surface area contributed by atoms with E-state index < -0.39 is 40.2 Å².